The molecule has 0 radical (unpaired) electrons. The van der Waals surface area contributed by atoms with Crippen LogP contribution in [0.2, 0.25) is 0 Å². The van der Waals surface area contributed by atoms with E-state index in [-0.39, 0.29) is 11.4 Å². The molecule has 5 N–H and O–H groups in total. The molecule has 1 aromatic carbocycles. The van der Waals surface area contributed by atoms with E-state index in [2.05, 4.69) is 10.4 Å². The second kappa shape index (κ2) is 6.05. The molecule has 1 amide bonds. The molecule has 0 unspecified atom stereocenters. The van der Waals surface area contributed by atoms with Gasteiger partial charge in [0.25, 0.3) is 5.91 Å². The highest BCUT2D eigenvalue weighted by Gasteiger charge is 2.16. The van der Waals surface area contributed by atoms with Gasteiger partial charge in [-0.2, -0.15) is 5.10 Å². The molecule has 118 valence electrons. The second-order valence-electron chi connectivity index (χ2n) is 5.07. The van der Waals surface area contributed by atoms with Crippen LogP contribution in [0.25, 0.3) is 5.52 Å². The number of benzene rings is 1. The predicted octanol–water partition coefficient (Wildman–Crippen LogP) is 1.82. The van der Waals surface area contributed by atoms with Crippen LogP contribution in [0.15, 0.2) is 42.7 Å². The van der Waals surface area contributed by atoms with Crippen LogP contribution in [0.3, 0.4) is 0 Å². The van der Waals surface area contributed by atoms with Crippen molar-refractivity contribution in [3.63, 3.8) is 0 Å². The zero-order chi connectivity index (χ0) is 16.4. The molecule has 23 heavy (non-hydrogen) atoms. The van der Waals surface area contributed by atoms with Crippen LogP contribution in [0, 0.1) is 5.82 Å². The highest BCUT2D eigenvalue weighted by atomic mass is 19.1. The lowest BCUT2D eigenvalue weighted by Crippen LogP contribution is -2.16. The third kappa shape index (κ3) is 2.74. The van der Waals surface area contributed by atoms with Gasteiger partial charge in [0, 0.05) is 17.4 Å². The van der Waals surface area contributed by atoms with Gasteiger partial charge in [0.1, 0.15) is 5.82 Å². The monoisotopic (exact) mass is 313 g/mol. The first-order chi connectivity index (χ1) is 11.1. The van der Waals surface area contributed by atoms with E-state index >= 15 is 0 Å². The zero-order valence-corrected chi connectivity index (χ0v) is 12.3. The van der Waals surface area contributed by atoms with E-state index in [4.69, 9.17) is 11.5 Å². The maximum Gasteiger partial charge on any atom is 0.252 e. The highest BCUT2D eigenvalue weighted by molar-refractivity contribution is 6.02. The highest BCUT2D eigenvalue weighted by Crippen LogP contribution is 2.29. The van der Waals surface area contributed by atoms with Gasteiger partial charge in [-0.25, -0.2) is 8.91 Å². The third-order valence-corrected chi connectivity index (χ3v) is 3.60. The van der Waals surface area contributed by atoms with Gasteiger partial charge < -0.3 is 16.8 Å². The minimum Gasteiger partial charge on any atom is -0.365 e. The fourth-order valence-corrected chi connectivity index (χ4v) is 2.52. The van der Waals surface area contributed by atoms with Crippen molar-refractivity contribution in [1.82, 2.24) is 9.61 Å². The number of amides is 1. The molecular formula is C16H16FN5O. The Morgan fingerprint density at radius 3 is 2.87 bits per heavy atom. The Morgan fingerprint density at radius 2 is 2.13 bits per heavy atom. The number of halogens is 1. The fourth-order valence-electron chi connectivity index (χ4n) is 2.52. The number of anilines is 2. The van der Waals surface area contributed by atoms with E-state index in [0.29, 0.717) is 35.4 Å². The number of fused-ring (bicyclic) bond motifs is 1. The summed E-state index contributed by atoms with van der Waals surface area (Å²) >= 11 is 0. The van der Waals surface area contributed by atoms with E-state index in [0.717, 1.165) is 0 Å². The molecule has 0 aliphatic rings. The summed E-state index contributed by atoms with van der Waals surface area (Å²) in [6.45, 7) is 0.315. The molecule has 7 heteroatoms. The maximum absolute atomic E-state index is 14.0. The number of hydrogen-bond acceptors (Lipinski definition) is 4. The Balaban J connectivity index is 2.15. The van der Waals surface area contributed by atoms with Crippen LogP contribution in [0.1, 0.15) is 15.9 Å². The average Bonchev–Trinajstić information content (AvgIpc) is 2.99. The summed E-state index contributed by atoms with van der Waals surface area (Å²) in [4.78, 5) is 11.7. The molecule has 3 rings (SSSR count). The molecule has 0 bridgehead atoms. The van der Waals surface area contributed by atoms with Crippen molar-refractivity contribution in [2.75, 3.05) is 11.9 Å². The summed E-state index contributed by atoms with van der Waals surface area (Å²) in [5.74, 6) is -0.956. The van der Waals surface area contributed by atoms with Crippen LogP contribution in [0.5, 0.6) is 0 Å². The Labute approximate surface area is 131 Å². The molecular weight excluding hydrogens is 297 g/mol. The molecule has 6 nitrogen and oxygen atoms in total. The van der Waals surface area contributed by atoms with Gasteiger partial charge in [0.2, 0.25) is 0 Å². The first kappa shape index (κ1) is 15.0. The molecule has 0 saturated heterocycles. The number of rotatable bonds is 5. The molecule has 0 saturated carbocycles. The Bertz CT molecular complexity index is 874. The number of nitrogens with zero attached hydrogens (tertiary/aromatic N) is 2. The summed E-state index contributed by atoms with van der Waals surface area (Å²) in [6.07, 6.45) is 3.51. The van der Waals surface area contributed by atoms with E-state index < -0.39 is 5.91 Å². The molecule has 0 aliphatic carbocycles. The number of carbonyl (C=O) groups is 1. The predicted molar refractivity (Wildman–Crippen MR) is 86.2 cm³/mol. The standard InChI is InChI=1S/C16H16FN5O/c17-12-3-1-4-13(10(12)6-7-18)21-15-11(16(19)23)9-20-22-8-2-5-14(15)22/h1-5,8-9,21H,6-7,18H2,(H2,19,23). The largest absolute Gasteiger partial charge is 0.365 e. The van der Waals surface area contributed by atoms with Crippen LogP contribution in [0.4, 0.5) is 15.8 Å². The van der Waals surface area contributed by atoms with Gasteiger partial charge in [0.15, 0.2) is 0 Å². The van der Waals surface area contributed by atoms with Crippen LogP contribution >= 0.6 is 0 Å². The summed E-state index contributed by atoms with van der Waals surface area (Å²) in [5, 5.41) is 7.24. The topological polar surface area (TPSA) is 98.4 Å². The van der Waals surface area contributed by atoms with Crippen molar-refractivity contribution in [2.45, 2.75) is 6.42 Å². The lowest BCUT2D eigenvalue weighted by atomic mass is 10.1. The molecule has 0 aliphatic heterocycles. The zero-order valence-electron chi connectivity index (χ0n) is 12.3. The number of carbonyl (C=O) groups excluding carboxylic acids is 1. The Morgan fingerprint density at radius 1 is 1.30 bits per heavy atom. The number of aromatic nitrogens is 2. The molecule has 0 fully saturated rings. The quantitative estimate of drug-likeness (QED) is 0.669. The average molecular weight is 313 g/mol. The van der Waals surface area contributed by atoms with E-state index in [9.17, 15) is 9.18 Å². The van der Waals surface area contributed by atoms with E-state index in [1.165, 1.54) is 12.3 Å². The molecule has 0 atom stereocenters. The first-order valence-electron chi connectivity index (χ1n) is 7.12. The van der Waals surface area contributed by atoms with Crippen molar-refractivity contribution >= 4 is 22.8 Å². The molecule has 3 aromatic rings. The Kier molecular flexibility index (Phi) is 3.94. The smallest absolute Gasteiger partial charge is 0.252 e. The minimum absolute atomic E-state index is 0.235. The molecule has 0 spiro atoms. The number of nitrogens with one attached hydrogen (secondary N) is 1. The van der Waals surface area contributed by atoms with Gasteiger partial charge in [-0.1, -0.05) is 6.07 Å². The van der Waals surface area contributed by atoms with Crippen molar-refractivity contribution in [1.29, 1.82) is 0 Å². The van der Waals surface area contributed by atoms with Crippen molar-refractivity contribution in [3.8, 4) is 0 Å². The molecule has 2 heterocycles. The summed E-state index contributed by atoms with van der Waals surface area (Å²) < 4.78 is 15.7. The third-order valence-electron chi connectivity index (χ3n) is 3.60. The van der Waals surface area contributed by atoms with Gasteiger partial charge in [-0.15, -0.1) is 0 Å². The summed E-state index contributed by atoms with van der Waals surface area (Å²) in [6, 6.07) is 8.30. The Hall–Kier alpha value is -2.93. The van der Waals surface area contributed by atoms with Crippen molar-refractivity contribution in [2.24, 2.45) is 11.5 Å². The lowest BCUT2D eigenvalue weighted by Gasteiger charge is -2.15. The second-order valence-corrected chi connectivity index (χ2v) is 5.07. The van der Waals surface area contributed by atoms with Crippen molar-refractivity contribution < 1.29 is 9.18 Å². The van der Waals surface area contributed by atoms with Crippen LogP contribution < -0.4 is 16.8 Å². The summed E-state index contributed by atoms with van der Waals surface area (Å²) in [5.41, 5.74) is 13.4. The number of primary amides is 1. The maximum atomic E-state index is 14.0. The SMILES string of the molecule is NCCc1c(F)cccc1Nc1c(C(N)=O)cnn2cccc12. The minimum atomic E-state index is -0.611. The van der Waals surface area contributed by atoms with Crippen LogP contribution in [-0.4, -0.2) is 22.1 Å². The number of nitrogens with two attached hydrogens (primary N) is 2. The van der Waals surface area contributed by atoms with E-state index in [1.54, 1.807) is 35.0 Å². The summed E-state index contributed by atoms with van der Waals surface area (Å²) in [7, 11) is 0. The molecule has 2 aromatic heterocycles. The number of hydrogen-bond donors (Lipinski definition) is 3. The van der Waals surface area contributed by atoms with Crippen LogP contribution in [-0.2, 0) is 6.42 Å². The van der Waals surface area contributed by atoms with Gasteiger partial charge >= 0.3 is 0 Å². The lowest BCUT2D eigenvalue weighted by molar-refractivity contribution is 0.100. The first-order valence-corrected chi connectivity index (χ1v) is 7.12. The van der Waals surface area contributed by atoms with Gasteiger partial charge in [-0.05, 0) is 37.2 Å². The normalized spacial score (nSPS) is 10.9. The van der Waals surface area contributed by atoms with Crippen molar-refractivity contribution in [3.05, 3.63) is 59.7 Å². The van der Waals surface area contributed by atoms with Gasteiger partial charge in [-0.3, -0.25) is 4.79 Å². The van der Waals surface area contributed by atoms with Gasteiger partial charge in [0.05, 0.1) is 23.0 Å². The fraction of sp³-hybridized carbons (Fsp3) is 0.125. The van der Waals surface area contributed by atoms with E-state index in [1.807, 2.05) is 0 Å².